The minimum atomic E-state index is -3.41. The Morgan fingerprint density at radius 3 is 2.81 bits per heavy atom. The highest BCUT2D eigenvalue weighted by molar-refractivity contribution is 7.89. The zero-order chi connectivity index (χ0) is 15.3. The zero-order valence-electron chi connectivity index (χ0n) is 12.5. The molecule has 1 N–H and O–H groups in total. The van der Waals surface area contributed by atoms with Crippen molar-refractivity contribution in [3.05, 3.63) is 35.4 Å². The van der Waals surface area contributed by atoms with Gasteiger partial charge in [0, 0.05) is 20.3 Å². The van der Waals surface area contributed by atoms with Crippen molar-refractivity contribution in [1.29, 1.82) is 0 Å². The lowest BCUT2D eigenvalue weighted by molar-refractivity contribution is 0.0418. The van der Waals surface area contributed by atoms with Gasteiger partial charge in [0.25, 0.3) is 0 Å². The Morgan fingerprint density at radius 1 is 1.33 bits per heavy atom. The second kappa shape index (κ2) is 7.35. The quantitative estimate of drug-likeness (QED) is 0.831. The fourth-order valence-corrected chi connectivity index (χ4v) is 4.25. The van der Waals surface area contributed by atoms with E-state index in [1.807, 2.05) is 18.2 Å². The van der Waals surface area contributed by atoms with Crippen molar-refractivity contribution >= 4 is 10.0 Å². The maximum Gasteiger partial charge on any atom is 0.214 e. The lowest BCUT2D eigenvalue weighted by atomic mass is 9.88. The minimum absolute atomic E-state index is 0.0873. The molecule has 118 valence electrons. The first kappa shape index (κ1) is 16.4. The number of ether oxygens (including phenoxy) is 2. The highest BCUT2D eigenvalue weighted by atomic mass is 32.2. The Morgan fingerprint density at radius 2 is 2.10 bits per heavy atom. The molecule has 2 atom stereocenters. The first-order chi connectivity index (χ1) is 10.1. The Hall–Kier alpha value is -0.950. The molecule has 0 heterocycles. The first-order valence-electron chi connectivity index (χ1n) is 7.15. The van der Waals surface area contributed by atoms with Gasteiger partial charge in [-0.15, -0.1) is 0 Å². The number of hydrogen-bond donors (Lipinski definition) is 1. The third-order valence-corrected chi connectivity index (χ3v) is 5.24. The van der Waals surface area contributed by atoms with Crippen LogP contribution >= 0.6 is 0 Å². The molecule has 0 aliphatic heterocycles. The smallest absolute Gasteiger partial charge is 0.214 e. The Balaban J connectivity index is 2.07. The van der Waals surface area contributed by atoms with Crippen molar-refractivity contribution in [2.24, 2.45) is 0 Å². The molecular formula is C15H23NO4S. The van der Waals surface area contributed by atoms with Gasteiger partial charge in [0.05, 0.1) is 18.5 Å². The Labute approximate surface area is 126 Å². The molecule has 6 heteroatoms. The molecule has 21 heavy (non-hydrogen) atoms. The van der Waals surface area contributed by atoms with Gasteiger partial charge in [-0.2, -0.15) is 0 Å². The number of benzene rings is 1. The van der Waals surface area contributed by atoms with Crippen LogP contribution in [0.4, 0.5) is 0 Å². The fourth-order valence-electron chi connectivity index (χ4n) is 2.76. The fraction of sp³-hybridized carbons (Fsp3) is 0.600. The highest BCUT2D eigenvalue weighted by Crippen LogP contribution is 2.30. The lowest BCUT2D eigenvalue weighted by Crippen LogP contribution is -2.38. The van der Waals surface area contributed by atoms with Crippen LogP contribution in [0.5, 0.6) is 0 Å². The van der Waals surface area contributed by atoms with Gasteiger partial charge in [0.15, 0.2) is 0 Å². The summed E-state index contributed by atoms with van der Waals surface area (Å²) in [6.07, 6.45) is 2.39. The van der Waals surface area contributed by atoms with Crippen molar-refractivity contribution < 1.29 is 17.9 Å². The molecule has 1 aromatic carbocycles. The van der Waals surface area contributed by atoms with Crippen molar-refractivity contribution in [3.63, 3.8) is 0 Å². The summed E-state index contributed by atoms with van der Waals surface area (Å²) >= 11 is 0. The summed E-state index contributed by atoms with van der Waals surface area (Å²) in [5.41, 5.74) is 2.32. The van der Waals surface area contributed by atoms with Crippen LogP contribution in [0.3, 0.4) is 0 Å². The van der Waals surface area contributed by atoms with Crippen molar-refractivity contribution in [2.75, 3.05) is 26.6 Å². The molecule has 0 spiro atoms. The molecule has 1 aliphatic carbocycles. The highest BCUT2D eigenvalue weighted by Gasteiger charge is 2.26. The summed E-state index contributed by atoms with van der Waals surface area (Å²) in [5.74, 6) is -0.0873. The number of aryl methyl sites for hydroxylation is 1. The van der Waals surface area contributed by atoms with E-state index in [9.17, 15) is 8.42 Å². The van der Waals surface area contributed by atoms with Gasteiger partial charge < -0.3 is 9.47 Å². The predicted octanol–water partition coefficient (Wildman–Crippen LogP) is 1.64. The molecule has 0 fully saturated rings. The summed E-state index contributed by atoms with van der Waals surface area (Å²) in [5, 5.41) is 0. The van der Waals surface area contributed by atoms with Gasteiger partial charge in [0.1, 0.15) is 0 Å². The topological polar surface area (TPSA) is 64.6 Å². The number of nitrogens with one attached hydrogen (secondary N) is 1. The van der Waals surface area contributed by atoms with Gasteiger partial charge in [-0.3, -0.25) is 0 Å². The van der Waals surface area contributed by atoms with E-state index < -0.39 is 16.1 Å². The SMILES string of the molecule is COC[C@@H](CS(=O)(=O)N[C@H]1CCCc2ccccc21)OC. The summed E-state index contributed by atoms with van der Waals surface area (Å²) < 4.78 is 37.5. The molecule has 0 radical (unpaired) electrons. The van der Waals surface area contributed by atoms with Gasteiger partial charge >= 0.3 is 0 Å². The lowest BCUT2D eigenvalue weighted by Gasteiger charge is -2.26. The number of methoxy groups -OCH3 is 2. The van der Waals surface area contributed by atoms with Crippen LogP contribution in [0, 0.1) is 0 Å². The van der Waals surface area contributed by atoms with E-state index in [1.54, 1.807) is 0 Å². The van der Waals surface area contributed by atoms with E-state index in [4.69, 9.17) is 9.47 Å². The van der Waals surface area contributed by atoms with E-state index >= 15 is 0 Å². The molecule has 0 unspecified atom stereocenters. The molecule has 2 rings (SSSR count). The van der Waals surface area contributed by atoms with Crippen molar-refractivity contribution in [3.8, 4) is 0 Å². The van der Waals surface area contributed by atoms with E-state index in [2.05, 4.69) is 10.8 Å². The molecule has 1 aromatic rings. The van der Waals surface area contributed by atoms with Crippen molar-refractivity contribution in [1.82, 2.24) is 4.72 Å². The summed E-state index contributed by atoms with van der Waals surface area (Å²) in [6.45, 7) is 0.263. The minimum Gasteiger partial charge on any atom is -0.382 e. The van der Waals surface area contributed by atoms with E-state index in [0.29, 0.717) is 0 Å². The van der Waals surface area contributed by atoms with E-state index in [1.165, 1.54) is 19.8 Å². The van der Waals surface area contributed by atoms with Crippen LogP contribution in [0.25, 0.3) is 0 Å². The molecule has 0 bridgehead atoms. The van der Waals surface area contributed by atoms with E-state index in [-0.39, 0.29) is 18.4 Å². The van der Waals surface area contributed by atoms with Crippen LogP contribution in [0.2, 0.25) is 0 Å². The number of sulfonamides is 1. The molecule has 0 saturated carbocycles. The van der Waals surface area contributed by atoms with E-state index in [0.717, 1.165) is 24.8 Å². The third-order valence-electron chi connectivity index (χ3n) is 3.78. The summed E-state index contributed by atoms with van der Waals surface area (Å²) in [4.78, 5) is 0. The average molecular weight is 313 g/mol. The summed E-state index contributed by atoms with van der Waals surface area (Å²) in [7, 11) is -0.386. The standard InChI is InChI=1S/C15H23NO4S/c1-19-10-13(20-2)11-21(17,18)16-15-9-5-7-12-6-3-4-8-14(12)15/h3-4,6,8,13,15-16H,5,7,9-11H2,1-2H3/t13-,15-/m0/s1. The van der Waals surface area contributed by atoms with Gasteiger partial charge in [0.2, 0.25) is 10.0 Å². The third kappa shape index (κ3) is 4.51. The first-order valence-corrected chi connectivity index (χ1v) is 8.80. The largest absolute Gasteiger partial charge is 0.382 e. The van der Waals surface area contributed by atoms with Gasteiger partial charge in [-0.25, -0.2) is 13.1 Å². The molecular weight excluding hydrogens is 290 g/mol. The molecule has 5 nitrogen and oxygen atoms in total. The van der Waals surface area contributed by atoms with Gasteiger partial charge in [-0.05, 0) is 30.4 Å². The monoisotopic (exact) mass is 313 g/mol. The molecule has 1 aliphatic rings. The normalized spacial score (nSPS) is 20.0. The number of fused-ring (bicyclic) bond motifs is 1. The van der Waals surface area contributed by atoms with Crippen LogP contribution in [0.15, 0.2) is 24.3 Å². The predicted molar refractivity (Wildman–Crippen MR) is 81.7 cm³/mol. The molecule has 0 aromatic heterocycles. The van der Waals surface area contributed by atoms with Crippen LogP contribution in [0.1, 0.15) is 30.0 Å². The Kier molecular flexibility index (Phi) is 5.75. The maximum atomic E-state index is 12.3. The zero-order valence-corrected chi connectivity index (χ0v) is 13.4. The maximum absolute atomic E-state index is 12.3. The van der Waals surface area contributed by atoms with Crippen LogP contribution in [-0.2, 0) is 25.9 Å². The second-order valence-electron chi connectivity index (χ2n) is 5.36. The number of rotatable bonds is 7. The van der Waals surface area contributed by atoms with Gasteiger partial charge in [-0.1, -0.05) is 24.3 Å². The molecule has 0 amide bonds. The number of hydrogen-bond acceptors (Lipinski definition) is 4. The van der Waals surface area contributed by atoms with Crippen molar-refractivity contribution in [2.45, 2.75) is 31.4 Å². The Bertz CT molecular complexity index is 559. The average Bonchev–Trinajstić information content (AvgIpc) is 2.46. The molecule has 0 saturated heterocycles. The second-order valence-corrected chi connectivity index (χ2v) is 7.15. The summed E-state index contributed by atoms with van der Waals surface area (Å²) in [6, 6.07) is 7.88. The van der Waals surface area contributed by atoms with Crippen LogP contribution < -0.4 is 4.72 Å². The van der Waals surface area contributed by atoms with Crippen LogP contribution in [-0.4, -0.2) is 41.1 Å².